The highest BCUT2D eigenvalue weighted by Gasteiger charge is 2.37. The zero-order valence-corrected chi connectivity index (χ0v) is 9.19. The highest BCUT2D eigenvalue weighted by molar-refractivity contribution is 6.31. The second-order valence-electron chi connectivity index (χ2n) is 4.48. The Morgan fingerprint density at radius 2 is 1.85 bits per heavy atom. The van der Waals surface area contributed by atoms with Crippen molar-refractivity contribution in [3.05, 3.63) is 35.9 Å². The van der Waals surface area contributed by atoms with Crippen LogP contribution in [0.4, 0.5) is 0 Å². The summed E-state index contributed by atoms with van der Waals surface area (Å²) < 4.78 is 0. The number of hydrogen-bond donors (Lipinski definition) is 0. The van der Waals surface area contributed by atoms with Gasteiger partial charge in [0.15, 0.2) is 0 Å². The van der Waals surface area contributed by atoms with Gasteiger partial charge in [0.1, 0.15) is 0 Å². The number of hydrogen-bond acceptors (Lipinski definition) is 0. The minimum absolute atomic E-state index is 0.483. The second-order valence-corrected chi connectivity index (χ2v) is 4.89. The van der Waals surface area contributed by atoms with Crippen LogP contribution >= 0.6 is 11.6 Å². The molecule has 0 spiro atoms. The molecule has 72 valence electrons. The summed E-state index contributed by atoms with van der Waals surface area (Å²) in [6.45, 7) is 12.0. The van der Waals surface area contributed by atoms with Crippen LogP contribution in [0.25, 0.3) is 0 Å². The Balaban J connectivity index is 2.72. The predicted octanol–water partition coefficient (Wildman–Crippen LogP) is 4.29. The molecule has 0 nitrogen and oxygen atoms in total. The van der Waals surface area contributed by atoms with Gasteiger partial charge in [-0.3, -0.25) is 0 Å². The van der Waals surface area contributed by atoms with Gasteiger partial charge in [-0.1, -0.05) is 50.8 Å². The van der Waals surface area contributed by atoms with Crippen molar-refractivity contribution in [2.24, 2.45) is 11.3 Å². The molecule has 0 aromatic heterocycles. The fourth-order valence-electron chi connectivity index (χ4n) is 2.07. The molecule has 0 heterocycles. The molecule has 1 saturated carbocycles. The summed E-state index contributed by atoms with van der Waals surface area (Å²) in [7, 11) is 0. The normalized spacial score (nSPS) is 23.0. The maximum absolute atomic E-state index is 6.02. The summed E-state index contributed by atoms with van der Waals surface area (Å²) in [6, 6.07) is 0. The molecule has 0 aliphatic heterocycles. The van der Waals surface area contributed by atoms with Crippen LogP contribution in [0.1, 0.15) is 26.7 Å². The molecular formula is C12H17Cl. The molecule has 0 bridgehead atoms. The molecule has 0 radical (unpaired) electrons. The minimum Gasteiger partial charge on any atom is -0.0987 e. The van der Waals surface area contributed by atoms with Crippen LogP contribution in [-0.2, 0) is 0 Å². The Hall–Kier alpha value is -0.490. The fraction of sp³-hybridized carbons (Fsp3) is 0.500. The highest BCUT2D eigenvalue weighted by atomic mass is 35.5. The lowest BCUT2D eigenvalue weighted by molar-refractivity contribution is 0.125. The topological polar surface area (TPSA) is 0 Å². The van der Waals surface area contributed by atoms with Crippen LogP contribution in [0, 0.1) is 11.3 Å². The predicted molar refractivity (Wildman–Crippen MR) is 59.8 cm³/mol. The molecule has 0 amide bonds. The van der Waals surface area contributed by atoms with Crippen LogP contribution in [0.2, 0.25) is 0 Å². The molecule has 0 saturated heterocycles. The summed E-state index contributed by atoms with van der Waals surface area (Å²) in [5, 5.41) is 0.760. The van der Waals surface area contributed by atoms with Gasteiger partial charge in [-0.05, 0) is 29.7 Å². The van der Waals surface area contributed by atoms with Gasteiger partial charge in [0, 0.05) is 5.03 Å². The van der Waals surface area contributed by atoms with E-state index < -0.39 is 0 Å². The molecule has 0 unspecified atom stereocenters. The van der Waals surface area contributed by atoms with Gasteiger partial charge < -0.3 is 0 Å². The molecule has 1 aliphatic rings. The first-order valence-electron chi connectivity index (χ1n) is 4.65. The maximum Gasteiger partial charge on any atom is 0.0434 e. The van der Waals surface area contributed by atoms with Crippen molar-refractivity contribution in [1.82, 2.24) is 0 Å². The first-order chi connectivity index (χ1) is 6.00. The first kappa shape index (κ1) is 10.6. The molecule has 1 heteroatoms. The third-order valence-corrected chi connectivity index (χ3v) is 3.09. The molecule has 1 rings (SSSR count). The Morgan fingerprint density at radius 3 is 2.15 bits per heavy atom. The summed E-state index contributed by atoms with van der Waals surface area (Å²) in [5.41, 5.74) is 1.65. The highest BCUT2D eigenvalue weighted by Crippen LogP contribution is 2.49. The van der Waals surface area contributed by atoms with Crippen molar-refractivity contribution in [3.63, 3.8) is 0 Å². The van der Waals surface area contributed by atoms with E-state index in [2.05, 4.69) is 27.0 Å². The Bertz CT molecular complexity index is 250. The summed E-state index contributed by atoms with van der Waals surface area (Å²) in [5.74, 6) is 0.595. The lowest BCUT2D eigenvalue weighted by Gasteiger charge is -2.43. The van der Waals surface area contributed by atoms with Crippen molar-refractivity contribution in [1.29, 1.82) is 0 Å². The molecule has 1 fully saturated rings. The average molecular weight is 197 g/mol. The summed E-state index contributed by atoms with van der Waals surface area (Å²) in [4.78, 5) is 0. The van der Waals surface area contributed by atoms with E-state index in [0.717, 1.165) is 10.6 Å². The average Bonchev–Trinajstić information content (AvgIpc) is 2.02. The Labute approximate surface area is 86.0 Å². The van der Waals surface area contributed by atoms with Gasteiger partial charge in [0.05, 0.1) is 0 Å². The number of halogens is 1. The molecule has 0 atom stereocenters. The van der Waals surface area contributed by atoms with Gasteiger partial charge in [-0.2, -0.15) is 0 Å². The smallest absolute Gasteiger partial charge is 0.0434 e. The van der Waals surface area contributed by atoms with Gasteiger partial charge in [0.25, 0.3) is 0 Å². The van der Waals surface area contributed by atoms with E-state index in [-0.39, 0.29) is 0 Å². The van der Waals surface area contributed by atoms with Gasteiger partial charge in [0.2, 0.25) is 0 Å². The van der Waals surface area contributed by atoms with Crippen LogP contribution in [0.15, 0.2) is 35.9 Å². The van der Waals surface area contributed by atoms with Crippen molar-refractivity contribution in [2.75, 3.05) is 0 Å². The van der Waals surface area contributed by atoms with E-state index in [4.69, 9.17) is 11.6 Å². The van der Waals surface area contributed by atoms with Crippen LogP contribution < -0.4 is 0 Å². The first-order valence-corrected chi connectivity index (χ1v) is 5.02. The van der Waals surface area contributed by atoms with Crippen LogP contribution in [0.5, 0.6) is 0 Å². The van der Waals surface area contributed by atoms with E-state index in [1.165, 1.54) is 12.8 Å². The van der Waals surface area contributed by atoms with Crippen molar-refractivity contribution < 1.29 is 0 Å². The maximum atomic E-state index is 6.02. The quantitative estimate of drug-likeness (QED) is 0.591. The Kier molecular flexibility index (Phi) is 3.02. The zero-order valence-electron chi connectivity index (χ0n) is 8.44. The molecule has 0 aromatic carbocycles. The van der Waals surface area contributed by atoms with Crippen molar-refractivity contribution in [3.8, 4) is 0 Å². The second kappa shape index (κ2) is 3.71. The summed E-state index contributed by atoms with van der Waals surface area (Å²) in [6.07, 6.45) is 5.98. The molecule has 13 heavy (non-hydrogen) atoms. The van der Waals surface area contributed by atoms with Crippen LogP contribution in [0.3, 0.4) is 0 Å². The fourth-order valence-corrected chi connectivity index (χ4v) is 2.30. The third-order valence-electron chi connectivity index (χ3n) is 2.71. The SMILES string of the molecule is C=C/C(Cl)=C(\C=C)C1CC(C)(C)C1. The van der Waals surface area contributed by atoms with Gasteiger partial charge in [-0.15, -0.1) is 0 Å². The third kappa shape index (κ3) is 2.25. The lowest BCUT2D eigenvalue weighted by atomic mass is 9.62. The molecule has 0 N–H and O–H groups in total. The molecular weight excluding hydrogens is 180 g/mol. The monoisotopic (exact) mass is 196 g/mol. The summed E-state index contributed by atoms with van der Waals surface area (Å²) >= 11 is 6.02. The van der Waals surface area contributed by atoms with Crippen molar-refractivity contribution >= 4 is 11.6 Å². The lowest BCUT2D eigenvalue weighted by Crippen LogP contribution is -2.32. The van der Waals surface area contributed by atoms with E-state index in [9.17, 15) is 0 Å². The minimum atomic E-state index is 0.483. The molecule has 0 aromatic rings. The van der Waals surface area contributed by atoms with E-state index >= 15 is 0 Å². The van der Waals surface area contributed by atoms with Crippen LogP contribution in [-0.4, -0.2) is 0 Å². The van der Waals surface area contributed by atoms with E-state index in [1.54, 1.807) is 6.08 Å². The standard InChI is InChI=1S/C12H17Cl/c1-5-10(11(13)6-2)9-7-12(3,4)8-9/h5-6,9H,1-2,7-8H2,3-4H3/b11-10-. The number of rotatable bonds is 3. The largest absolute Gasteiger partial charge is 0.0987 e. The van der Waals surface area contributed by atoms with E-state index in [1.807, 2.05) is 6.08 Å². The molecule has 1 aliphatic carbocycles. The van der Waals surface area contributed by atoms with Gasteiger partial charge in [-0.25, -0.2) is 0 Å². The Morgan fingerprint density at radius 1 is 1.31 bits per heavy atom. The van der Waals surface area contributed by atoms with E-state index in [0.29, 0.717) is 11.3 Å². The van der Waals surface area contributed by atoms with Gasteiger partial charge >= 0.3 is 0 Å². The zero-order chi connectivity index (χ0) is 10.1. The number of allylic oxidation sites excluding steroid dienone is 4. The van der Waals surface area contributed by atoms with Crippen molar-refractivity contribution in [2.45, 2.75) is 26.7 Å².